The van der Waals surface area contributed by atoms with Gasteiger partial charge in [-0.2, -0.15) is 0 Å². The molecule has 0 spiro atoms. The van der Waals surface area contributed by atoms with Gasteiger partial charge in [0.05, 0.1) is 17.1 Å². The summed E-state index contributed by atoms with van der Waals surface area (Å²) in [7, 11) is 0. The minimum atomic E-state index is 0.718. The van der Waals surface area contributed by atoms with Crippen LogP contribution in [-0.2, 0) is 0 Å². The van der Waals surface area contributed by atoms with Crippen LogP contribution in [0.15, 0.2) is 94.5 Å². The van der Waals surface area contributed by atoms with Gasteiger partial charge in [0.25, 0.3) is 0 Å². The molecule has 3 aromatic carbocycles. The minimum Gasteiger partial charge on any atom is -0.254 e. The van der Waals surface area contributed by atoms with Crippen molar-refractivity contribution in [3.05, 3.63) is 106 Å². The lowest BCUT2D eigenvalue weighted by molar-refractivity contribution is 1.45. The van der Waals surface area contributed by atoms with E-state index in [2.05, 4.69) is 12.1 Å². The molecule has 120 valence electrons. The summed E-state index contributed by atoms with van der Waals surface area (Å²) >= 11 is 5.99. The second-order valence-corrected chi connectivity index (χ2v) is 6.16. The summed E-state index contributed by atoms with van der Waals surface area (Å²) < 4.78 is 0. The first-order chi connectivity index (χ1) is 12.3. The Morgan fingerprint density at radius 2 is 1.48 bits per heavy atom. The summed E-state index contributed by atoms with van der Waals surface area (Å²) in [4.78, 5) is 9.61. The van der Waals surface area contributed by atoms with E-state index in [1.807, 2.05) is 79.0 Å². The van der Waals surface area contributed by atoms with Crippen LogP contribution in [0.4, 0.5) is 5.69 Å². The molecule has 0 radical (unpaired) electrons. The zero-order valence-corrected chi connectivity index (χ0v) is 14.2. The molecule has 0 aliphatic carbocycles. The summed E-state index contributed by atoms with van der Waals surface area (Å²) in [5.74, 6) is 0. The van der Waals surface area contributed by atoms with Gasteiger partial charge in [-0.25, -0.2) is 4.99 Å². The molecule has 0 amide bonds. The molecule has 0 fully saturated rings. The van der Waals surface area contributed by atoms with Crippen molar-refractivity contribution in [2.45, 2.75) is 0 Å². The maximum absolute atomic E-state index is 5.99. The molecule has 0 aromatic heterocycles. The molecule has 1 aliphatic heterocycles. The first-order valence-corrected chi connectivity index (χ1v) is 8.42. The Kier molecular flexibility index (Phi) is 4.28. The summed E-state index contributed by atoms with van der Waals surface area (Å²) in [6.07, 6.45) is 3.90. The lowest BCUT2D eigenvalue weighted by Crippen LogP contribution is -2.02. The van der Waals surface area contributed by atoms with Crippen LogP contribution in [-0.4, -0.2) is 11.9 Å². The van der Waals surface area contributed by atoms with Crippen molar-refractivity contribution in [2.24, 2.45) is 9.98 Å². The zero-order valence-electron chi connectivity index (χ0n) is 13.4. The van der Waals surface area contributed by atoms with E-state index in [4.69, 9.17) is 21.6 Å². The minimum absolute atomic E-state index is 0.718. The molecule has 2 nitrogen and oxygen atoms in total. The van der Waals surface area contributed by atoms with Gasteiger partial charge in [-0.05, 0) is 29.8 Å². The van der Waals surface area contributed by atoms with Gasteiger partial charge in [0, 0.05) is 22.4 Å². The normalized spacial score (nSPS) is 14.8. The third kappa shape index (κ3) is 3.44. The highest BCUT2D eigenvalue weighted by atomic mass is 35.5. The van der Waals surface area contributed by atoms with Gasteiger partial charge < -0.3 is 0 Å². The molecule has 0 bridgehead atoms. The van der Waals surface area contributed by atoms with Gasteiger partial charge in [-0.3, -0.25) is 4.99 Å². The Bertz CT molecular complexity index is 984. The van der Waals surface area contributed by atoms with Crippen LogP contribution in [0.1, 0.15) is 16.7 Å². The van der Waals surface area contributed by atoms with Gasteiger partial charge in [0.2, 0.25) is 0 Å². The SMILES string of the molecule is Clc1ccc(/C=C2\N=Cc3ccccc3N=C2c2ccccc2)cc1. The van der Waals surface area contributed by atoms with Crippen molar-refractivity contribution in [1.82, 2.24) is 0 Å². The predicted octanol–water partition coefficient (Wildman–Crippen LogP) is 5.93. The maximum Gasteiger partial charge on any atom is 0.0966 e. The molecule has 3 aromatic rings. The largest absolute Gasteiger partial charge is 0.254 e. The van der Waals surface area contributed by atoms with Crippen LogP contribution >= 0.6 is 11.6 Å². The Morgan fingerprint density at radius 3 is 2.28 bits per heavy atom. The van der Waals surface area contributed by atoms with Crippen molar-refractivity contribution in [3.63, 3.8) is 0 Å². The average molecular weight is 343 g/mol. The van der Waals surface area contributed by atoms with E-state index >= 15 is 0 Å². The molecule has 1 heterocycles. The van der Waals surface area contributed by atoms with Crippen LogP contribution < -0.4 is 0 Å². The molecule has 4 rings (SSSR count). The monoisotopic (exact) mass is 342 g/mol. The van der Waals surface area contributed by atoms with E-state index in [1.165, 1.54) is 0 Å². The molecule has 25 heavy (non-hydrogen) atoms. The van der Waals surface area contributed by atoms with Crippen molar-refractivity contribution in [3.8, 4) is 0 Å². The van der Waals surface area contributed by atoms with Gasteiger partial charge in [-0.15, -0.1) is 0 Å². The molecular formula is C22H15ClN2. The number of halogens is 1. The number of rotatable bonds is 2. The number of benzene rings is 3. The topological polar surface area (TPSA) is 24.7 Å². The van der Waals surface area contributed by atoms with Crippen LogP contribution in [0.5, 0.6) is 0 Å². The summed E-state index contributed by atoms with van der Waals surface area (Å²) in [6.45, 7) is 0. The fraction of sp³-hybridized carbons (Fsp3) is 0. The van der Waals surface area contributed by atoms with Crippen LogP contribution in [0.3, 0.4) is 0 Å². The van der Waals surface area contributed by atoms with Crippen molar-refractivity contribution >= 4 is 35.3 Å². The first kappa shape index (κ1) is 15.6. The first-order valence-electron chi connectivity index (χ1n) is 8.04. The average Bonchev–Trinajstić information content (AvgIpc) is 2.84. The molecule has 0 saturated heterocycles. The lowest BCUT2D eigenvalue weighted by atomic mass is 10.1. The van der Waals surface area contributed by atoms with E-state index in [0.29, 0.717) is 0 Å². The predicted molar refractivity (Wildman–Crippen MR) is 106 cm³/mol. The second kappa shape index (κ2) is 6.88. The Labute approximate surface area is 151 Å². The molecule has 0 N–H and O–H groups in total. The molecule has 0 atom stereocenters. The molecule has 0 saturated carbocycles. The molecule has 3 heteroatoms. The quantitative estimate of drug-likeness (QED) is 0.551. The third-order valence-corrected chi connectivity index (χ3v) is 4.23. The van der Waals surface area contributed by atoms with Crippen LogP contribution in [0.25, 0.3) is 6.08 Å². The van der Waals surface area contributed by atoms with E-state index in [9.17, 15) is 0 Å². The molecular weight excluding hydrogens is 328 g/mol. The Balaban J connectivity index is 1.88. The maximum atomic E-state index is 5.99. The Morgan fingerprint density at radius 1 is 0.760 bits per heavy atom. The summed E-state index contributed by atoms with van der Waals surface area (Å²) in [5, 5.41) is 0.718. The Hall–Kier alpha value is -2.97. The number of hydrogen-bond acceptors (Lipinski definition) is 2. The summed E-state index contributed by atoms with van der Waals surface area (Å²) in [5.41, 5.74) is 5.68. The van der Waals surface area contributed by atoms with E-state index < -0.39 is 0 Å². The standard InChI is InChI=1S/C22H15ClN2/c23-19-12-10-16(11-13-19)14-21-22(17-6-2-1-3-7-17)25-20-9-5-4-8-18(20)15-24-21/h1-15H/b21-14-. The van der Waals surface area contributed by atoms with Gasteiger partial charge >= 0.3 is 0 Å². The van der Waals surface area contributed by atoms with E-state index in [-0.39, 0.29) is 0 Å². The van der Waals surface area contributed by atoms with Crippen molar-refractivity contribution in [2.75, 3.05) is 0 Å². The van der Waals surface area contributed by atoms with E-state index in [0.717, 1.165) is 38.8 Å². The van der Waals surface area contributed by atoms with Gasteiger partial charge in [0.1, 0.15) is 0 Å². The molecule has 0 unspecified atom stereocenters. The van der Waals surface area contributed by atoms with Crippen LogP contribution in [0, 0.1) is 0 Å². The van der Waals surface area contributed by atoms with Gasteiger partial charge in [0.15, 0.2) is 0 Å². The molecule has 1 aliphatic rings. The fourth-order valence-electron chi connectivity index (χ4n) is 2.71. The fourth-order valence-corrected chi connectivity index (χ4v) is 2.83. The summed E-state index contributed by atoms with van der Waals surface area (Å²) in [6, 6.07) is 25.9. The highest BCUT2D eigenvalue weighted by molar-refractivity contribution is 6.30. The van der Waals surface area contributed by atoms with E-state index in [1.54, 1.807) is 0 Å². The third-order valence-electron chi connectivity index (χ3n) is 3.97. The number of allylic oxidation sites excluding steroid dienone is 1. The van der Waals surface area contributed by atoms with Gasteiger partial charge in [-0.1, -0.05) is 72.3 Å². The number of nitrogens with zero attached hydrogens (tertiary/aromatic N) is 2. The number of aliphatic imine (C=N–C) groups is 2. The van der Waals surface area contributed by atoms with Crippen molar-refractivity contribution in [1.29, 1.82) is 0 Å². The number of fused-ring (bicyclic) bond motifs is 1. The lowest BCUT2D eigenvalue weighted by Gasteiger charge is -2.07. The number of hydrogen-bond donors (Lipinski definition) is 0. The highest BCUT2D eigenvalue weighted by Gasteiger charge is 2.14. The van der Waals surface area contributed by atoms with Crippen molar-refractivity contribution < 1.29 is 0 Å². The van der Waals surface area contributed by atoms with Crippen LogP contribution in [0.2, 0.25) is 5.02 Å². The zero-order chi connectivity index (χ0) is 17.1. The smallest absolute Gasteiger partial charge is 0.0966 e. The highest BCUT2D eigenvalue weighted by Crippen LogP contribution is 2.26. The second-order valence-electron chi connectivity index (χ2n) is 5.72. The number of para-hydroxylation sites is 1.